The summed E-state index contributed by atoms with van der Waals surface area (Å²) < 4.78 is 7.28. The minimum atomic E-state index is 0.682. The average molecular weight is 299 g/mol. The first-order chi connectivity index (χ1) is 10.2. The zero-order chi connectivity index (χ0) is 14.8. The molecule has 0 spiro atoms. The fourth-order valence-corrected chi connectivity index (χ4v) is 3.07. The van der Waals surface area contributed by atoms with Crippen LogP contribution in [0.1, 0.15) is 12.6 Å². The van der Waals surface area contributed by atoms with Crippen LogP contribution < -0.4 is 4.74 Å². The Hall–Kier alpha value is -2.14. The Morgan fingerprint density at radius 3 is 2.62 bits per heavy atom. The lowest BCUT2D eigenvalue weighted by Gasteiger charge is -2.02. The van der Waals surface area contributed by atoms with Gasteiger partial charge >= 0.3 is 0 Å². The summed E-state index contributed by atoms with van der Waals surface area (Å²) in [5.41, 5.74) is 4.18. The second-order valence-corrected chi connectivity index (χ2v) is 5.66. The van der Waals surface area contributed by atoms with Gasteiger partial charge in [-0.1, -0.05) is 0 Å². The predicted octanol–water partition coefficient (Wildman–Crippen LogP) is 3.92. The van der Waals surface area contributed by atoms with E-state index in [-0.39, 0.29) is 0 Å². The maximum atomic E-state index is 5.46. The van der Waals surface area contributed by atoms with Gasteiger partial charge in [0.2, 0.25) is 0 Å². The first-order valence-corrected chi connectivity index (χ1v) is 7.74. The molecule has 108 valence electrons. The van der Waals surface area contributed by atoms with Crippen LogP contribution in [0, 0.1) is 6.92 Å². The van der Waals surface area contributed by atoms with Crippen LogP contribution in [-0.4, -0.2) is 21.4 Å². The molecular formula is C16H17N3OS. The minimum Gasteiger partial charge on any atom is -0.494 e. The smallest absolute Gasteiger partial charge is 0.124 e. The summed E-state index contributed by atoms with van der Waals surface area (Å²) in [7, 11) is 1.93. The van der Waals surface area contributed by atoms with Crippen molar-refractivity contribution in [2.75, 3.05) is 6.61 Å². The number of thiazole rings is 1. The molecule has 0 saturated carbocycles. The molecule has 0 amide bonds. The van der Waals surface area contributed by atoms with Gasteiger partial charge in [0.25, 0.3) is 0 Å². The lowest BCUT2D eigenvalue weighted by molar-refractivity contribution is 0.340. The largest absolute Gasteiger partial charge is 0.494 e. The zero-order valence-corrected chi connectivity index (χ0v) is 13.1. The molecule has 0 saturated heterocycles. The van der Waals surface area contributed by atoms with Gasteiger partial charge in [0.1, 0.15) is 10.8 Å². The van der Waals surface area contributed by atoms with Crippen LogP contribution in [0.2, 0.25) is 0 Å². The molecule has 0 aliphatic rings. The van der Waals surface area contributed by atoms with Gasteiger partial charge in [0.05, 0.1) is 18.0 Å². The minimum absolute atomic E-state index is 0.682. The van der Waals surface area contributed by atoms with Gasteiger partial charge in [-0.05, 0) is 38.1 Å². The Labute approximate surface area is 128 Å². The van der Waals surface area contributed by atoms with E-state index >= 15 is 0 Å². The zero-order valence-electron chi connectivity index (χ0n) is 12.3. The van der Waals surface area contributed by atoms with E-state index in [0.717, 1.165) is 33.3 Å². The second-order valence-electron chi connectivity index (χ2n) is 4.80. The second kappa shape index (κ2) is 5.69. The Bertz CT molecular complexity index is 743. The first-order valence-electron chi connectivity index (χ1n) is 6.86. The van der Waals surface area contributed by atoms with E-state index in [4.69, 9.17) is 9.72 Å². The van der Waals surface area contributed by atoms with Crippen molar-refractivity contribution in [2.24, 2.45) is 7.05 Å². The molecule has 2 heterocycles. The summed E-state index contributed by atoms with van der Waals surface area (Å²) >= 11 is 1.65. The van der Waals surface area contributed by atoms with Crippen LogP contribution >= 0.6 is 11.3 Å². The van der Waals surface area contributed by atoms with E-state index in [2.05, 4.69) is 10.5 Å². The molecule has 1 aromatic carbocycles. The standard InChI is InChI=1S/C16H17N3OS/c1-4-20-13-7-5-12(6-8-13)16-17-15(10-21-16)14-9-19(3)18-11(14)2/h5-10H,4H2,1-3H3. The maximum Gasteiger partial charge on any atom is 0.124 e. The normalized spacial score (nSPS) is 10.8. The van der Waals surface area contributed by atoms with Crippen LogP contribution in [0.15, 0.2) is 35.8 Å². The number of nitrogens with zero attached hydrogens (tertiary/aromatic N) is 3. The number of hydrogen-bond acceptors (Lipinski definition) is 4. The van der Waals surface area contributed by atoms with E-state index in [1.165, 1.54) is 0 Å². The average Bonchev–Trinajstić information content (AvgIpc) is 3.06. The van der Waals surface area contributed by atoms with Crippen LogP contribution in [0.25, 0.3) is 21.8 Å². The van der Waals surface area contributed by atoms with E-state index in [1.54, 1.807) is 11.3 Å². The number of aromatic nitrogens is 3. The highest BCUT2D eigenvalue weighted by Gasteiger charge is 2.11. The molecule has 0 unspecified atom stereocenters. The van der Waals surface area contributed by atoms with Crippen LogP contribution in [0.5, 0.6) is 5.75 Å². The number of hydrogen-bond donors (Lipinski definition) is 0. The summed E-state index contributed by atoms with van der Waals surface area (Å²) in [6.45, 7) is 4.67. The molecule has 21 heavy (non-hydrogen) atoms. The van der Waals surface area contributed by atoms with Crippen molar-refractivity contribution < 1.29 is 4.74 Å². The lowest BCUT2D eigenvalue weighted by atomic mass is 10.2. The third kappa shape index (κ3) is 2.83. The van der Waals surface area contributed by atoms with Gasteiger partial charge < -0.3 is 4.74 Å². The molecule has 0 fully saturated rings. The molecule has 0 N–H and O–H groups in total. The lowest BCUT2D eigenvalue weighted by Crippen LogP contribution is -1.90. The van der Waals surface area contributed by atoms with Gasteiger partial charge in [-0.25, -0.2) is 4.98 Å². The van der Waals surface area contributed by atoms with Gasteiger partial charge in [0, 0.05) is 29.8 Å². The Balaban J connectivity index is 1.89. The van der Waals surface area contributed by atoms with Crippen molar-refractivity contribution >= 4 is 11.3 Å². The molecule has 0 aliphatic carbocycles. The molecule has 0 bridgehead atoms. The highest BCUT2D eigenvalue weighted by molar-refractivity contribution is 7.13. The van der Waals surface area contributed by atoms with Gasteiger partial charge in [-0.2, -0.15) is 5.10 Å². The monoisotopic (exact) mass is 299 g/mol. The fraction of sp³-hybridized carbons (Fsp3) is 0.250. The van der Waals surface area contributed by atoms with Crippen LogP contribution in [-0.2, 0) is 7.05 Å². The van der Waals surface area contributed by atoms with Gasteiger partial charge in [-0.3, -0.25) is 4.68 Å². The summed E-state index contributed by atoms with van der Waals surface area (Å²) in [6.07, 6.45) is 2.01. The van der Waals surface area contributed by atoms with E-state index in [1.807, 2.05) is 56.0 Å². The van der Waals surface area contributed by atoms with E-state index in [0.29, 0.717) is 6.61 Å². The number of rotatable bonds is 4. The van der Waals surface area contributed by atoms with Crippen molar-refractivity contribution in [3.8, 4) is 27.6 Å². The van der Waals surface area contributed by atoms with Crippen molar-refractivity contribution in [1.29, 1.82) is 0 Å². The Kier molecular flexibility index (Phi) is 3.75. The summed E-state index contributed by atoms with van der Waals surface area (Å²) in [5.74, 6) is 0.890. The van der Waals surface area contributed by atoms with E-state index in [9.17, 15) is 0 Å². The Morgan fingerprint density at radius 2 is 2.00 bits per heavy atom. The van der Waals surface area contributed by atoms with Crippen molar-refractivity contribution in [3.63, 3.8) is 0 Å². The number of ether oxygens (including phenoxy) is 1. The molecular weight excluding hydrogens is 282 g/mol. The highest BCUT2D eigenvalue weighted by atomic mass is 32.1. The molecule has 5 heteroatoms. The van der Waals surface area contributed by atoms with Gasteiger partial charge in [0.15, 0.2) is 0 Å². The topological polar surface area (TPSA) is 39.9 Å². The van der Waals surface area contributed by atoms with E-state index < -0.39 is 0 Å². The molecule has 3 aromatic rings. The fourth-order valence-electron chi connectivity index (χ4n) is 2.24. The number of benzene rings is 1. The molecule has 0 radical (unpaired) electrons. The Morgan fingerprint density at radius 1 is 1.24 bits per heavy atom. The molecule has 0 atom stereocenters. The molecule has 0 aliphatic heterocycles. The van der Waals surface area contributed by atoms with Crippen molar-refractivity contribution in [1.82, 2.24) is 14.8 Å². The molecule has 3 rings (SSSR count). The predicted molar refractivity (Wildman–Crippen MR) is 85.7 cm³/mol. The maximum absolute atomic E-state index is 5.46. The third-order valence-corrected chi connectivity index (χ3v) is 4.10. The van der Waals surface area contributed by atoms with Crippen LogP contribution in [0.3, 0.4) is 0 Å². The first kappa shape index (κ1) is 13.8. The summed E-state index contributed by atoms with van der Waals surface area (Å²) in [5, 5.41) is 7.46. The quantitative estimate of drug-likeness (QED) is 0.733. The van der Waals surface area contributed by atoms with Crippen LogP contribution in [0.4, 0.5) is 0 Å². The van der Waals surface area contributed by atoms with Crippen molar-refractivity contribution in [3.05, 3.63) is 41.5 Å². The SMILES string of the molecule is CCOc1ccc(-c2nc(-c3cn(C)nc3C)cs2)cc1. The van der Waals surface area contributed by atoms with Crippen molar-refractivity contribution in [2.45, 2.75) is 13.8 Å². The summed E-state index contributed by atoms with van der Waals surface area (Å²) in [6, 6.07) is 8.05. The highest BCUT2D eigenvalue weighted by Crippen LogP contribution is 2.30. The molecule has 4 nitrogen and oxygen atoms in total. The summed E-state index contributed by atoms with van der Waals surface area (Å²) in [4.78, 5) is 4.72. The van der Waals surface area contributed by atoms with Gasteiger partial charge in [-0.15, -0.1) is 11.3 Å². The number of aryl methyl sites for hydroxylation is 2. The third-order valence-electron chi connectivity index (χ3n) is 3.21. The molecule has 2 aromatic heterocycles.